The molecule has 26 heavy (non-hydrogen) atoms. The van der Waals surface area contributed by atoms with Gasteiger partial charge in [0.05, 0.1) is 5.56 Å². The van der Waals surface area contributed by atoms with Crippen LogP contribution in [0.15, 0.2) is 48.5 Å². The number of benzene rings is 2. The number of hydrogen-bond donors (Lipinski definition) is 1. The average Bonchev–Trinajstić information content (AvgIpc) is 2.67. The molecule has 1 aliphatic rings. The van der Waals surface area contributed by atoms with E-state index in [1.54, 1.807) is 29.2 Å². The van der Waals surface area contributed by atoms with Crippen LogP contribution in [0, 0.1) is 17.6 Å². The number of carbonyl (C=O) groups is 2. The topological polar surface area (TPSA) is 49.4 Å². The second-order valence-electron chi connectivity index (χ2n) is 6.36. The van der Waals surface area contributed by atoms with E-state index in [1.165, 1.54) is 24.3 Å². The van der Waals surface area contributed by atoms with Gasteiger partial charge in [0.15, 0.2) is 0 Å². The van der Waals surface area contributed by atoms with Crippen LogP contribution in [-0.4, -0.2) is 29.8 Å². The number of carbonyl (C=O) groups excluding carboxylic acids is 2. The highest BCUT2D eigenvalue weighted by Crippen LogP contribution is 2.20. The predicted octanol–water partition coefficient (Wildman–Crippen LogP) is 3.13. The zero-order valence-electron chi connectivity index (χ0n) is 14.3. The molecule has 0 bridgehead atoms. The van der Waals surface area contributed by atoms with Crippen molar-refractivity contribution in [3.8, 4) is 0 Å². The Morgan fingerprint density at radius 2 is 1.58 bits per heavy atom. The smallest absolute Gasteiger partial charge is 0.256 e. The van der Waals surface area contributed by atoms with Crippen LogP contribution in [0.2, 0.25) is 0 Å². The summed E-state index contributed by atoms with van der Waals surface area (Å²) in [5, 5.41) is 2.75. The standard InChI is InChI=1S/C20H20F2N2O2/c21-17-7-3-1-5-15(17)13-23-19(25)14-9-11-24(12-10-14)20(26)16-6-2-4-8-18(16)22/h1-8,14H,9-13H2,(H,23,25). The van der Waals surface area contributed by atoms with Gasteiger partial charge >= 0.3 is 0 Å². The number of halogens is 2. The molecule has 2 aromatic rings. The summed E-state index contributed by atoms with van der Waals surface area (Å²) < 4.78 is 27.3. The molecule has 1 N–H and O–H groups in total. The molecule has 3 rings (SSSR count). The van der Waals surface area contributed by atoms with Gasteiger partial charge in [0.1, 0.15) is 11.6 Å². The summed E-state index contributed by atoms with van der Waals surface area (Å²) >= 11 is 0. The van der Waals surface area contributed by atoms with Gasteiger partial charge in [0.25, 0.3) is 5.91 Å². The third-order valence-electron chi connectivity index (χ3n) is 4.67. The summed E-state index contributed by atoms with van der Waals surface area (Å²) in [6.07, 6.45) is 1.01. The molecule has 0 atom stereocenters. The molecule has 1 fully saturated rings. The number of nitrogens with zero attached hydrogens (tertiary/aromatic N) is 1. The van der Waals surface area contributed by atoms with E-state index >= 15 is 0 Å². The molecule has 4 nitrogen and oxygen atoms in total. The average molecular weight is 358 g/mol. The van der Waals surface area contributed by atoms with Crippen molar-refractivity contribution in [2.75, 3.05) is 13.1 Å². The van der Waals surface area contributed by atoms with Crippen LogP contribution in [0.25, 0.3) is 0 Å². The SMILES string of the molecule is O=C(NCc1ccccc1F)C1CCN(C(=O)c2ccccc2F)CC1. The predicted molar refractivity (Wildman–Crippen MR) is 93.3 cm³/mol. The van der Waals surface area contributed by atoms with Crippen molar-refractivity contribution in [2.24, 2.45) is 5.92 Å². The van der Waals surface area contributed by atoms with Crippen molar-refractivity contribution >= 4 is 11.8 Å². The van der Waals surface area contributed by atoms with Crippen molar-refractivity contribution in [3.63, 3.8) is 0 Å². The van der Waals surface area contributed by atoms with Crippen LogP contribution in [0.3, 0.4) is 0 Å². The van der Waals surface area contributed by atoms with Crippen molar-refractivity contribution in [1.29, 1.82) is 0 Å². The van der Waals surface area contributed by atoms with Gasteiger partial charge < -0.3 is 10.2 Å². The number of hydrogen-bond acceptors (Lipinski definition) is 2. The lowest BCUT2D eigenvalue weighted by molar-refractivity contribution is -0.126. The van der Waals surface area contributed by atoms with Crippen LogP contribution >= 0.6 is 0 Å². The molecule has 0 unspecified atom stereocenters. The van der Waals surface area contributed by atoms with E-state index < -0.39 is 5.82 Å². The summed E-state index contributed by atoms with van der Waals surface area (Å²) in [6.45, 7) is 0.926. The molecule has 1 aliphatic heterocycles. The molecule has 0 aromatic heterocycles. The van der Waals surface area contributed by atoms with Crippen LogP contribution < -0.4 is 5.32 Å². The highest BCUT2D eigenvalue weighted by molar-refractivity contribution is 5.94. The van der Waals surface area contributed by atoms with Crippen LogP contribution in [0.1, 0.15) is 28.8 Å². The molecule has 0 saturated carbocycles. The van der Waals surface area contributed by atoms with Gasteiger partial charge in [-0.05, 0) is 31.0 Å². The van der Waals surface area contributed by atoms with E-state index in [4.69, 9.17) is 0 Å². The Labute approximate surface area is 150 Å². The van der Waals surface area contributed by atoms with E-state index in [1.807, 2.05) is 0 Å². The minimum absolute atomic E-state index is 0.0509. The summed E-state index contributed by atoms with van der Waals surface area (Å²) in [5.74, 6) is -1.62. The van der Waals surface area contributed by atoms with Crippen molar-refractivity contribution in [3.05, 3.63) is 71.3 Å². The van der Waals surface area contributed by atoms with E-state index in [9.17, 15) is 18.4 Å². The van der Waals surface area contributed by atoms with E-state index in [-0.39, 0.29) is 35.7 Å². The van der Waals surface area contributed by atoms with Crippen molar-refractivity contribution < 1.29 is 18.4 Å². The number of rotatable bonds is 4. The first-order valence-electron chi connectivity index (χ1n) is 8.61. The van der Waals surface area contributed by atoms with Gasteiger partial charge in [-0.15, -0.1) is 0 Å². The maximum atomic E-state index is 13.8. The maximum absolute atomic E-state index is 13.8. The van der Waals surface area contributed by atoms with Gasteiger partial charge in [-0.2, -0.15) is 0 Å². The molecule has 6 heteroatoms. The van der Waals surface area contributed by atoms with Crippen LogP contribution in [0.5, 0.6) is 0 Å². The van der Waals surface area contributed by atoms with Gasteiger partial charge in [-0.1, -0.05) is 30.3 Å². The number of amides is 2. The first kappa shape index (κ1) is 18.0. The zero-order chi connectivity index (χ0) is 18.5. The molecule has 0 aliphatic carbocycles. The van der Waals surface area contributed by atoms with Gasteiger partial charge in [0, 0.05) is 31.1 Å². The Bertz CT molecular complexity index is 802. The fraction of sp³-hybridized carbons (Fsp3) is 0.300. The quantitative estimate of drug-likeness (QED) is 0.913. The Balaban J connectivity index is 1.52. The second-order valence-corrected chi connectivity index (χ2v) is 6.36. The molecule has 1 heterocycles. The van der Waals surface area contributed by atoms with E-state index in [0.29, 0.717) is 31.5 Å². The van der Waals surface area contributed by atoms with E-state index in [0.717, 1.165) is 0 Å². The fourth-order valence-corrected chi connectivity index (χ4v) is 3.12. The molecule has 1 saturated heterocycles. The highest BCUT2D eigenvalue weighted by Gasteiger charge is 2.28. The Morgan fingerprint density at radius 1 is 0.962 bits per heavy atom. The molecule has 2 aromatic carbocycles. The van der Waals surface area contributed by atoms with Crippen molar-refractivity contribution in [2.45, 2.75) is 19.4 Å². The second kappa shape index (κ2) is 8.08. The Morgan fingerprint density at radius 3 is 2.23 bits per heavy atom. The third kappa shape index (κ3) is 4.07. The third-order valence-corrected chi connectivity index (χ3v) is 4.67. The minimum Gasteiger partial charge on any atom is -0.352 e. The van der Waals surface area contributed by atoms with Crippen LogP contribution in [0.4, 0.5) is 8.78 Å². The summed E-state index contributed by atoms with van der Waals surface area (Å²) in [5.41, 5.74) is 0.489. The lowest BCUT2D eigenvalue weighted by Crippen LogP contribution is -2.43. The Hall–Kier alpha value is -2.76. The molecule has 2 amide bonds. The van der Waals surface area contributed by atoms with E-state index in [2.05, 4.69) is 5.32 Å². The molecular weight excluding hydrogens is 338 g/mol. The van der Waals surface area contributed by atoms with Crippen LogP contribution in [-0.2, 0) is 11.3 Å². The molecule has 136 valence electrons. The zero-order valence-corrected chi connectivity index (χ0v) is 14.3. The number of piperidine rings is 1. The molecule has 0 spiro atoms. The number of nitrogens with one attached hydrogen (secondary N) is 1. The first-order chi connectivity index (χ1) is 12.6. The summed E-state index contributed by atoms with van der Waals surface area (Å²) in [6, 6.07) is 12.2. The largest absolute Gasteiger partial charge is 0.352 e. The Kier molecular flexibility index (Phi) is 5.61. The highest BCUT2D eigenvalue weighted by atomic mass is 19.1. The molecular formula is C20H20F2N2O2. The summed E-state index contributed by atoms with van der Waals surface area (Å²) in [7, 11) is 0. The van der Waals surface area contributed by atoms with Gasteiger partial charge in [0.2, 0.25) is 5.91 Å². The lowest BCUT2D eigenvalue weighted by atomic mass is 9.95. The first-order valence-corrected chi connectivity index (χ1v) is 8.61. The fourth-order valence-electron chi connectivity index (χ4n) is 3.12. The lowest BCUT2D eigenvalue weighted by Gasteiger charge is -2.31. The van der Waals surface area contributed by atoms with Gasteiger partial charge in [-0.25, -0.2) is 8.78 Å². The normalized spacial score (nSPS) is 14.9. The summed E-state index contributed by atoms with van der Waals surface area (Å²) in [4.78, 5) is 26.2. The minimum atomic E-state index is -0.540. The number of likely N-dealkylation sites (tertiary alicyclic amines) is 1. The molecule has 0 radical (unpaired) electrons. The van der Waals surface area contributed by atoms with Crippen molar-refractivity contribution in [1.82, 2.24) is 10.2 Å². The van der Waals surface area contributed by atoms with Gasteiger partial charge in [-0.3, -0.25) is 9.59 Å². The monoisotopic (exact) mass is 358 g/mol. The maximum Gasteiger partial charge on any atom is 0.256 e.